The summed E-state index contributed by atoms with van der Waals surface area (Å²) in [5.41, 5.74) is 0.637. The van der Waals surface area contributed by atoms with E-state index in [0.29, 0.717) is 44.1 Å². The topological polar surface area (TPSA) is 63.0 Å². The van der Waals surface area contributed by atoms with Gasteiger partial charge in [-0.05, 0) is 25.8 Å². The Kier molecular flexibility index (Phi) is 4.94. The van der Waals surface area contributed by atoms with E-state index < -0.39 is 0 Å². The normalized spacial score (nSPS) is 21.6. The van der Waals surface area contributed by atoms with E-state index in [-0.39, 0.29) is 23.8 Å². The molecule has 1 aromatic heterocycles. The maximum Gasteiger partial charge on any atom is 0.257 e. The van der Waals surface area contributed by atoms with Crippen molar-refractivity contribution in [2.75, 3.05) is 32.8 Å². The van der Waals surface area contributed by atoms with Gasteiger partial charge in [0.25, 0.3) is 11.8 Å². The maximum atomic E-state index is 12.7. The fourth-order valence-electron chi connectivity index (χ4n) is 3.28. The van der Waals surface area contributed by atoms with Crippen LogP contribution in [0.15, 0.2) is 10.5 Å². The van der Waals surface area contributed by atoms with E-state index in [1.807, 2.05) is 31.7 Å². The number of carbonyl (C=O) groups is 2. The predicted molar refractivity (Wildman–Crippen MR) is 89.0 cm³/mol. The molecule has 3 rings (SSSR count). The van der Waals surface area contributed by atoms with Gasteiger partial charge in [-0.2, -0.15) is 0 Å². The molecule has 0 saturated carbocycles. The Morgan fingerprint density at radius 3 is 2.38 bits per heavy atom. The summed E-state index contributed by atoms with van der Waals surface area (Å²) in [6, 6.07) is 1.85. The molecule has 1 atom stereocenters. The molecule has 2 aliphatic rings. The summed E-state index contributed by atoms with van der Waals surface area (Å²) in [6.07, 6.45) is 1.48. The number of carbonyl (C=O) groups excluding carboxylic acids is 2. The van der Waals surface area contributed by atoms with Crippen molar-refractivity contribution < 1.29 is 18.7 Å². The molecule has 0 spiro atoms. The van der Waals surface area contributed by atoms with Crippen LogP contribution < -0.4 is 0 Å². The van der Waals surface area contributed by atoms with Gasteiger partial charge in [0.1, 0.15) is 17.6 Å². The molecule has 0 aliphatic carbocycles. The van der Waals surface area contributed by atoms with Gasteiger partial charge in [0.2, 0.25) is 0 Å². The Labute approximate surface area is 142 Å². The van der Waals surface area contributed by atoms with E-state index in [9.17, 15) is 9.59 Å². The van der Waals surface area contributed by atoms with E-state index in [0.717, 1.165) is 18.6 Å². The van der Waals surface area contributed by atoms with E-state index in [2.05, 4.69) is 0 Å². The maximum absolute atomic E-state index is 12.7. The minimum absolute atomic E-state index is 0.00707. The van der Waals surface area contributed by atoms with Crippen LogP contribution in [0.3, 0.4) is 0 Å². The number of furan rings is 1. The second-order valence-electron chi connectivity index (χ2n) is 6.89. The third kappa shape index (κ3) is 3.34. The van der Waals surface area contributed by atoms with Crippen LogP contribution in [0, 0.1) is 6.92 Å². The molecule has 2 saturated heterocycles. The van der Waals surface area contributed by atoms with Crippen molar-refractivity contribution in [2.45, 2.75) is 45.6 Å². The minimum atomic E-state index is -0.281. The number of amides is 2. The average molecular weight is 334 g/mol. The van der Waals surface area contributed by atoms with Crippen LogP contribution in [-0.4, -0.2) is 60.5 Å². The van der Waals surface area contributed by atoms with Gasteiger partial charge in [0, 0.05) is 38.7 Å². The molecule has 132 valence electrons. The number of piperazine rings is 1. The summed E-state index contributed by atoms with van der Waals surface area (Å²) in [4.78, 5) is 28.7. The lowest BCUT2D eigenvalue weighted by molar-refractivity contribution is -0.142. The molecule has 2 aliphatic heterocycles. The third-order valence-electron chi connectivity index (χ3n) is 4.82. The standard InChI is InChI=1S/C18H26N2O4/c1-12(2)16-11-14(13(3)24-16)17(21)19-6-8-20(9-7-19)18(22)15-5-4-10-23-15/h11-12,15H,4-10H2,1-3H3/t15-/m1/s1. The van der Waals surface area contributed by atoms with Gasteiger partial charge >= 0.3 is 0 Å². The summed E-state index contributed by atoms with van der Waals surface area (Å²) < 4.78 is 11.2. The first-order valence-electron chi connectivity index (χ1n) is 8.77. The Morgan fingerprint density at radius 1 is 1.17 bits per heavy atom. The Bertz CT molecular complexity index is 609. The van der Waals surface area contributed by atoms with Crippen LogP contribution in [0.1, 0.15) is 54.5 Å². The van der Waals surface area contributed by atoms with Crippen molar-refractivity contribution in [2.24, 2.45) is 0 Å². The molecule has 0 N–H and O–H groups in total. The molecule has 3 heterocycles. The third-order valence-corrected chi connectivity index (χ3v) is 4.82. The van der Waals surface area contributed by atoms with Crippen molar-refractivity contribution in [3.63, 3.8) is 0 Å². The molecule has 0 radical (unpaired) electrons. The Balaban J connectivity index is 1.60. The predicted octanol–water partition coefficient (Wildman–Crippen LogP) is 2.17. The van der Waals surface area contributed by atoms with Crippen LogP contribution in [-0.2, 0) is 9.53 Å². The van der Waals surface area contributed by atoms with Crippen molar-refractivity contribution in [1.82, 2.24) is 9.80 Å². The second-order valence-corrected chi connectivity index (χ2v) is 6.89. The number of aryl methyl sites for hydroxylation is 1. The molecule has 6 nitrogen and oxygen atoms in total. The number of hydrogen-bond donors (Lipinski definition) is 0. The van der Waals surface area contributed by atoms with E-state index in [1.165, 1.54) is 0 Å². The zero-order valence-electron chi connectivity index (χ0n) is 14.7. The number of rotatable bonds is 3. The van der Waals surface area contributed by atoms with Gasteiger partial charge in [0.15, 0.2) is 0 Å². The van der Waals surface area contributed by atoms with Gasteiger partial charge in [-0.25, -0.2) is 0 Å². The van der Waals surface area contributed by atoms with Crippen LogP contribution in [0.2, 0.25) is 0 Å². The largest absolute Gasteiger partial charge is 0.465 e. The molecule has 1 aromatic rings. The van der Waals surface area contributed by atoms with Gasteiger partial charge < -0.3 is 19.0 Å². The SMILES string of the molecule is Cc1oc(C(C)C)cc1C(=O)N1CCN(C(=O)[C@H]2CCCO2)CC1. The number of hydrogen-bond acceptors (Lipinski definition) is 4. The first kappa shape index (κ1) is 17.0. The fourth-order valence-corrected chi connectivity index (χ4v) is 3.28. The molecular formula is C18H26N2O4. The van der Waals surface area contributed by atoms with Crippen LogP contribution in [0.4, 0.5) is 0 Å². The molecule has 0 unspecified atom stereocenters. The molecule has 6 heteroatoms. The first-order chi connectivity index (χ1) is 11.5. The van der Waals surface area contributed by atoms with Crippen LogP contribution >= 0.6 is 0 Å². The quantitative estimate of drug-likeness (QED) is 0.850. The molecule has 24 heavy (non-hydrogen) atoms. The van der Waals surface area contributed by atoms with Gasteiger partial charge in [-0.1, -0.05) is 13.8 Å². The monoisotopic (exact) mass is 334 g/mol. The van der Waals surface area contributed by atoms with Gasteiger partial charge in [-0.3, -0.25) is 9.59 Å². The molecule has 0 bridgehead atoms. The lowest BCUT2D eigenvalue weighted by atomic mass is 10.1. The van der Waals surface area contributed by atoms with Crippen molar-refractivity contribution in [1.29, 1.82) is 0 Å². The lowest BCUT2D eigenvalue weighted by Gasteiger charge is -2.35. The summed E-state index contributed by atoms with van der Waals surface area (Å²) in [7, 11) is 0. The Hall–Kier alpha value is -1.82. The minimum Gasteiger partial charge on any atom is -0.465 e. The highest BCUT2D eigenvalue weighted by atomic mass is 16.5. The van der Waals surface area contributed by atoms with Gasteiger partial charge in [-0.15, -0.1) is 0 Å². The van der Waals surface area contributed by atoms with Crippen molar-refractivity contribution >= 4 is 11.8 Å². The highest BCUT2D eigenvalue weighted by Crippen LogP contribution is 2.23. The molecular weight excluding hydrogens is 308 g/mol. The van der Waals surface area contributed by atoms with Crippen LogP contribution in [0.25, 0.3) is 0 Å². The smallest absolute Gasteiger partial charge is 0.257 e. The van der Waals surface area contributed by atoms with Gasteiger partial charge in [0.05, 0.1) is 5.56 Å². The van der Waals surface area contributed by atoms with Crippen LogP contribution in [0.5, 0.6) is 0 Å². The fraction of sp³-hybridized carbons (Fsp3) is 0.667. The van der Waals surface area contributed by atoms with E-state index in [1.54, 1.807) is 4.90 Å². The number of ether oxygens (including phenoxy) is 1. The molecule has 0 aromatic carbocycles. The number of nitrogens with zero attached hydrogens (tertiary/aromatic N) is 2. The first-order valence-corrected chi connectivity index (χ1v) is 8.77. The molecule has 2 amide bonds. The summed E-state index contributed by atoms with van der Waals surface area (Å²) >= 11 is 0. The molecule has 2 fully saturated rings. The Morgan fingerprint density at radius 2 is 1.83 bits per heavy atom. The zero-order valence-corrected chi connectivity index (χ0v) is 14.7. The summed E-state index contributed by atoms with van der Waals surface area (Å²) in [5.74, 6) is 1.82. The summed E-state index contributed by atoms with van der Waals surface area (Å²) in [6.45, 7) is 8.84. The second kappa shape index (κ2) is 6.97. The highest BCUT2D eigenvalue weighted by Gasteiger charge is 2.32. The van der Waals surface area contributed by atoms with Crippen molar-refractivity contribution in [3.05, 3.63) is 23.2 Å². The zero-order chi connectivity index (χ0) is 17.3. The highest BCUT2D eigenvalue weighted by molar-refractivity contribution is 5.95. The van der Waals surface area contributed by atoms with E-state index in [4.69, 9.17) is 9.15 Å². The van der Waals surface area contributed by atoms with Crippen molar-refractivity contribution in [3.8, 4) is 0 Å². The van der Waals surface area contributed by atoms with E-state index >= 15 is 0 Å². The average Bonchev–Trinajstić information content (AvgIpc) is 3.23. The summed E-state index contributed by atoms with van der Waals surface area (Å²) in [5, 5.41) is 0. The lowest BCUT2D eigenvalue weighted by Crippen LogP contribution is -2.52.